The van der Waals surface area contributed by atoms with E-state index in [1.165, 1.54) is 11.8 Å². The SMILES string of the molecule is CCn1c(SCC(=O)Nc2ccc(Br)cc2Cl)nnc1-c1cccc(OC)c1. The normalized spacial score (nSPS) is 10.7. The van der Waals surface area contributed by atoms with Crippen molar-refractivity contribution in [2.45, 2.75) is 18.6 Å². The van der Waals surface area contributed by atoms with Crippen molar-refractivity contribution in [1.29, 1.82) is 0 Å². The quantitative estimate of drug-likeness (QED) is 0.474. The number of halogens is 2. The van der Waals surface area contributed by atoms with Crippen molar-refractivity contribution in [3.05, 3.63) is 52.0 Å². The Balaban J connectivity index is 1.70. The van der Waals surface area contributed by atoms with Crippen molar-refractivity contribution >= 4 is 50.9 Å². The van der Waals surface area contributed by atoms with Crippen molar-refractivity contribution < 1.29 is 9.53 Å². The number of thioether (sulfide) groups is 1. The number of benzene rings is 2. The minimum atomic E-state index is -0.164. The monoisotopic (exact) mass is 480 g/mol. The van der Waals surface area contributed by atoms with Crippen LogP contribution in [0.2, 0.25) is 5.02 Å². The first-order chi connectivity index (χ1) is 13.5. The number of carbonyl (C=O) groups is 1. The Labute approximate surface area is 180 Å². The fraction of sp³-hybridized carbons (Fsp3) is 0.211. The molecule has 0 saturated heterocycles. The summed E-state index contributed by atoms with van der Waals surface area (Å²) in [5.41, 5.74) is 1.48. The Bertz CT molecular complexity index is 996. The number of hydrogen-bond donors (Lipinski definition) is 1. The van der Waals surface area contributed by atoms with E-state index in [9.17, 15) is 4.79 Å². The molecule has 3 rings (SSSR count). The maximum absolute atomic E-state index is 12.3. The Morgan fingerprint density at radius 1 is 1.29 bits per heavy atom. The number of carbonyl (C=O) groups excluding carboxylic acids is 1. The summed E-state index contributed by atoms with van der Waals surface area (Å²) in [7, 11) is 1.63. The third-order valence-corrected chi connectivity index (χ3v) is 5.67. The van der Waals surface area contributed by atoms with E-state index in [1.54, 1.807) is 19.2 Å². The third kappa shape index (κ3) is 4.87. The highest BCUT2D eigenvalue weighted by Crippen LogP contribution is 2.28. The Morgan fingerprint density at radius 2 is 2.11 bits per heavy atom. The van der Waals surface area contributed by atoms with Crippen LogP contribution in [0.5, 0.6) is 5.75 Å². The highest BCUT2D eigenvalue weighted by molar-refractivity contribution is 9.10. The number of anilines is 1. The van der Waals surface area contributed by atoms with Crippen molar-refractivity contribution in [2.24, 2.45) is 0 Å². The van der Waals surface area contributed by atoms with E-state index in [1.807, 2.05) is 41.8 Å². The van der Waals surface area contributed by atoms with Crippen LogP contribution >= 0.6 is 39.3 Å². The van der Waals surface area contributed by atoms with E-state index in [0.29, 0.717) is 22.4 Å². The molecule has 1 N–H and O–H groups in total. The molecule has 0 fully saturated rings. The second kappa shape index (κ2) is 9.45. The zero-order valence-corrected chi connectivity index (χ0v) is 18.4. The van der Waals surface area contributed by atoms with Crippen LogP contribution < -0.4 is 10.1 Å². The van der Waals surface area contributed by atoms with Crippen LogP contribution in [-0.2, 0) is 11.3 Å². The van der Waals surface area contributed by atoms with Gasteiger partial charge in [-0.05, 0) is 37.3 Å². The molecule has 0 atom stereocenters. The summed E-state index contributed by atoms with van der Waals surface area (Å²) < 4.78 is 8.10. The number of ether oxygens (including phenoxy) is 1. The van der Waals surface area contributed by atoms with Crippen molar-refractivity contribution in [3.8, 4) is 17.1 Å². The largest absolute Gasteiger partial charge is 0.497 e. The number of aromatic nitrogens is 3. The Kier molecular flexibility index (Phi) is 6.98. The average Bonchev–Trinajstić information content (AvgIpc) is 3.11. The van der Waals surface area contributed by atoms with Gasteiger partial charge in [0.15, 0.2) is 11.0 Å². The Hall–Kier alpha value is -2.03. The maximum atomic E-state index is 12.3. The van der Waals surface area contributed by atoms with E-state index in [0.717, 1.165) is 21.6 Å². The third-order valence-electron chi connectivity index (χ3n) is 3.90. The number of nitrogens with zero attached hydrogens (tertiary/aromatic N) is 3. The van der Waals surface area contributed by atoms with Crippen molar-refractivity contribution in [1.82, 2.24) is 14.8 Å². The van der Waals surface area contributed by atoms with Gasteiger partial charge in [-0.15, -0.1) is 10.2 Å². The summed E-state index contributed by atoms with van der Waals surface area (Å²) in [6.07, 6.45) is 0. The number of nitrogens with one attached hydrogen (secondary N) is 1. The molecule has 0 unspecified atom stereocenters. The summed E-state index contributed by atoms with van der Waals surface area (Å²) >= 11 is 10.8. The molecule has 2 aromatic carbocycles. The minimum Gasteiger partial charge on any atom is -0.497 e. The predicted octanol–water partition coefficient (Wildman–Crippen LogP) is 5.12. The van der Waals surface area contributed by atoms with Crippen molar-refractivity contribution in [2.75, 3.05) is 18.2 Å². The van der Waals surface area contributed by atoms with Crippen LogP contribution in [-0.4, -0.2) is 33.5 Å². The first-order valence-electron chi connectivity index (χ1n) is 8.47. The van der Waals surface area contributed by atoms with Crippen LogP contribution in [0.25, 0.3) is 11.4 Å². The molecule has 6 nitrogen and oxygen atoms in total. The standard InChI is InChI=1S/C19H18BrClN4O2S/c1-3-25-18(12-5-4-6-14(9-12)27-2)23-24-19(25)28-11-17(26)22-16-8-7-13(20)10-15(16)21/h4-10H,3,11H2,1-2H3,(H,22,26). The van der Waals surface area contributed by atoms with Gasteiger partial charge < -0.3 is 14.6 Å². The lowest BCUT2D eigenvalue weighted by Gasteiger charge is -2.09. The fourth-order valence-electron chi connectivity index (χ4n) is 2.56. The molecule has 0 bridgehead atoms. The second-order valence-electron chi connectivity index (χ2n) is 5.74. The summed E-state index contributed by atoms with van der Waals surface area (Å²) in [6.45, 7) is 2.70. The van der Waals surface area contributed by atoms with Gasteiger partial charge in [0.2, 0.25) is 5.91 Å². The highest BCUT2D eigenvalue weighted by Gasteiger charge is 2.15. The molecule has 9 heteroatoms. The van der Waals surface area contributed by atoms with Gasteiger partial charge in [0.1, 0.15) is 5.75 Å². The first kappa shape index (κ1) is 20.7. The van der Waals surface area contributed by atoms with Gasteiger partial charge in [0.25, 0.3) is 0 Å². The molecular formula is C19H18BrClN4O2S. The first-order valence-corrected chi connectivity index (χ1v) is 10.6. The molecule has 3 aromatic rings. The number of amides is 1. The van der Waals surface area contributed by atoms with E-state index in [2.05, 4.69) is 31.4 Å². The van der Waals surface area contributed by atoms with E-state index < -0.39 is 0 Å². The summed E-state index contributed by atoms with van der Waals surface area (Å²) in [5, 5.41) is 12.5. The lowest BCUT2D eigenvalue weighted by atomic mass is 10.2. The topological polar surface area (TPSA) is 69.0 Å². The Morgan fingerprint density at radius 3 is 2.82 bits per heavy atom. The van der Waals surface area contributed by atoms with Crippen LogP contribution in [0.1, 0.15) is 6.92 Å². The molecule has 0 saturated carbocycles. The molecule has 0 spiro atoms. The molecule has 28 heavy (non-hydrogen) atoms. The summed E-state index contributed by atoms with van der Waals surface area (Å²) in [5.74, 6) is 1.52. The molecule has 1 amide bonds. The smallest absolute Gasteiger partial charge is 0.234 e. The van der Waals surface area contributed by atoms with Crippen LogP contribution in [0.3, 0.4) is 0 Å². The van der Waals surface area contributed by atoms with Gasteiger partial charge in [-0.25, -0.2) is 0 Å². The molecule has 0 aliphatic heterocycles. The molecule has 0 aliphatic carbocycles. The minimum absolute atomic E-state index is 0.164. The van der Waals surface area contributed by atoms with Crippen LogP contribution in [0, 0.1) is 0 Å². The number of hydrogen-bond acceptors (Lipinski definition) is 5. The van der Waals surface area contributed by atoms with Gasteiger partial charge in [-0.3, -0.25) is 4.79 Å². The summed E-state index contributed by atoms with van der Waals surface area (Å²) in [4.78, 5) is 12.3. The fourth-order valence-corrected chi connectivity index (χ4v) is 4.09. The highest BCUT2D eigenvalue weighted by atomic mass is 79.9. The van der Waals surface area contributed by atoms with Gasteiger partial charge in [-0.2, -0.15) is 0 Å². The van der Waals surface area contributed by atoms with Crippen LogP contribution in [0.15, 0.2) is 52.1 Å². The molecule has 0 aliphatic rings. The zero-order chi connectivity index (χ0) is 20.1. The number of methoxy groups -OCH3 is 1. The second-order valence-corrected chi connectivity index (χ2v) is 8.01. The van der Waals surface area contributed by atoms with E-state index in [4.69, 9.17) is 16.3 Å². The molecular weight excluding hydrogens is 464 g/mol. The lowest BCUT2D eigenvalue weighted by molar-refractivity contribution is -0.113. The van der Waals surface area contributed by atoms with Gasteiger partial charge in [-0.1, -0.05) is 51.4 Å². The molecule has 1 aromatic heterocycles. The van der Waals surface area contributed by atoms with E-state index in [-0.39, 0.29) is 11.7 Å². The average molecular weight is 482 g/mol. The molecule has 0 radical (unpaired) electrons. The van der Waals surface area contributed by atoms with Gasteiger partial charge in [0.05, 0.1) is 23.6 Å². The number of rotatable bonds is 7. The van der Waals surface area contributed by atoms with Gasteiger partial charge in [0, 0.05) is 16.6 Å². The van der Waals surface area contributed by atoms with E-state index >= 15 is 0 Å². The zero-order valence-electron chi connectivity index (χ0n) is 15.3. The molecule has 146 valence electrons. The van der Waals surface area contributed by atoms with Crippen molar-refractivity contribution in [3.63, 3.8) is 0 Å². The predicted molar refractivity (Wildman–Crippen MR) is 116 cm³/mol. The van der Waals surface area contributed by atoms with Crippen LogP contribution in [0.4, 0.5) is 5.69 Å². The lowest BCUT2D eigenvalue weighted by Crippen LogP contribution is -2.15. The maximum Gasteiger partial charge on any atom is 0.234 e. The van der Waals surface area contributed by atoms with Gasteiger partial charge >= 0.3 is 0 Å². The summed E-state index contributed by atoms with van der Waals surface area (Å²) in [6, 6.07) is 13.0. The molecule has 1 heterocycles.